The van der Waals surface area contributed by atoms with Gasteiger partial charge < -0.3 is 10.6 Å². The van der Waals surface area contributed by atoms with Crippen LogP contribution in [0.5, 0.6) is 0 Å². The smallest absolute Gasteiger partial charge is 0.255 e. The number of aromatic nitrogens is 3. The van der Waals surface area contributed by atoms with Crippen LogP contribution in [0.2, 0.25) is 0 Å². The van der Waals surface area contributed by atoms with E-state index >= 15 is 0 Å². The summed E-state index contributed by atoms with van der Waals surface area (Å²) in [5.74, 6) is 0.312. The second kappa shape index (κ2) is 6.31. The number of pyridine rings is 1. The number of anilines is 1. The van der Waals surface area contributed by atoms with E-state index in [1.54, 1.807) is 35.0 Å². The van der Waals surface area contributed by atoms with Crippen LogP contribution in [0.3, 0.4) is 0 Å². The number of carbonyl (C=O) groups is 1. The molecule has 0 radical (unpaired) electrons. The van der Waals surface area contributed by atoms with Crippen molar-refractivity contribution in [2.24, 2.45) is 0 Å². The molecule has 2 N–H and O–H groups in total. The van der Waals surface area contributed by atoms with E-state index in [4.69, 9.17) is 5.73 Å². The molecule has 0 saturated heterocycles. The van der Waals surface area contributed by atoms with Gasteiger partial charge in [-0.2, -0.15) is 5.10 Å². The lowest BCUT2D eigenvalue weighted by Crippen LogP contribution is -2.26. The number of hydrogen-bond acceptors (Lipinski definition) is 4. The number of nitrogens with zero attached hydrogens (tertiary/aromatic N) is 4. The van der Waals surface area contributed by atoms with Gasteiger partial charge in [0.25, 0.3) is 5.91 Å². The Bertz CT molecular complexity index is 779. The van der Waals surface area contributed by atoms with Crippen LogP contribution in [-0.2, 0) is 6.54 Å². The van der Waals surface area contributed by atoms with Gasteiger partial charge in [0.2, 0.25) is 0 Å². The SMILES string of the molecule is CN(Cc1ccc(-n2cccn2)cc1)C(=O)c1ccc(N)nc1. The van der Waals surface area contributed by atoms with E-state index in [9.17, 15) is 4.79 Å². The highest BCUT2D eigenvalue weighted by molar-refractivity contribution is 5.93. The summed E-state index contributed by atoms with van der Waals surface area (Å²) in [4.78, 5) is 17.9. The van der Waals surface area contributed by atoms with Crippen LogP contribution in [-0.4, -0.2) is 32.6 Å². The molecule has 6 heteroatoms. The first-order valence-electron chi connectivity index (χ1n) is 7.19. The number of nitrogen functional groups attached to an aromatic ring is 1. The monoisotopic (exact) mass is 307 g/mol. The molecule has 2 aromatic heterocycles. The van der Waals surface area contributed by atoms with Gasteiger partial charge in [0, 0.05) is 32.2 Å². The average Bonchev–Trinajstić information content (AvgIpc) is 3.10. The van der Waals surface area contributed by atoms with Crippen LogP contribution in [0.25, 0.3) is 5.69 Å². The third-order valence-corrected chi connectivity index (χ3v) is 3.51. The lowest BCUT2D eigenvalue weighted by atomic mass is 10.2. The van der Waals surface area contributed by atoms with Gasteiger partial charge in [-0.1, -0.05) is 12.1 Å². The number of carbonyl (C=O) groups excluding carboxylic acids is 1. The minimum atomic E-state index is -0.0892. The van der Waals surface area contributed by atoms with Crippen LogP contribution in [0.15, 0.2) is 61.1 Å². The van der Waals surface area contributed by atoms with Gasteiger partial charge in [-0.25, -0.2) is 9.67 Å². The Labute approximate surface area is 134 Å². The lowest BCUT2D eigenvalue weighted by molar-refractivity contribution is 0.0784. The summed E-state index contributed by atoms with van der Waals surface area (Å²) < 4.78 is 1.79. The molecule has 3 aromatic rings. The molecule has 1 amide bonds. The standard InChI is InChI=1S/C17H17N5O/c1-21(17(23)14-5-8-16(18)19-11-14)12-13-3-6-15(7-4-13)22-10-2-9-20-22/h2-11H,12H2,1H3,(H2,18,19). The van der Waals surface area contributed by atoms with E-state index in [1.165, 1.54) is 6.20 Å². The van der Waals surface area contributed by atoms with Gasteiger partial charge in [0.15, 0.2) is 0 Å². The van der Waals surface area contributed by atoms with E-state index in [0.717, 1.165) is 11.3 Å². The minimum Gasteiger partial charge on any atom is -0.384 e. The zero-order valence-electron chi connectivity index (χ0n) is 12.8. The van der Waals surface area contributed by atoms with E-state index < -0.39 is 0 Å². The summed E-state index contributed by atoms with van der Waals surface area (Å²) in [6.07, 6.45) is 5.12. The molecule has 0 fully saturated rings. The maximum Gasteiger partial charge on any atom is 0.255 e. The van der Waals surface area contributed by atoms with Gasteiger partial charge in [-0.3, -0.25) is 4.79 Å². The zero-order valence-corrected chi connectivity index (χ0v) is 12.8. The van der Waals surface area contributed by atoms with Crippen molar-refractivity contribution in [1.29, 1.82) is 0 Å². The first-order valence-corrected chi connectivity index (χ1v) is 7.19. The van der Waals surface area contributed by atoms with Gasteiger partial charge in [-0.05, 0) is 35.9 Å². The van der Waals surface area contributed by atoms with Gasteiger partial charge in [-0.15, -0.1) is 0 Å². The largest absolute Gasteiger partial charge is 0.384 e. The molecule has 0 aliphatic rings. The molecule has 23 heavy (non-hydrogen) atoms. The quantitative estimate of drug-likeness (QED) is 0.801. The zero-order chi connectivity index (χ0) is 16.2. The number of nitrogens with two attached hydrogens (primary N) is 1. The van der Waals surface area contributed by atoms with E-state index in [2.05, 4.69) is 10.1 Å². The Morgan fingerprint density at radius 2 is 2.00 bits per heavy atom. The molecule has 0 unspecified atom stereocenters. The Balaban J connectivity index is 1.68. The predicted molar refractivity (Wildman–Crippen MR) is 88.0 cm³/mol. The van der Waals surface area contributed by atoms with Crippen molar-refractivity contribution in [2.75, 3.05) is 12.8 Å². The van der Waals surface area contributed by atoms with Gasteiger partial charge in [0.1, 0.15) is 5.82 Å². The van der Waals surface area contributed by atoms with Gasteiger partial charge >= 0.3 is 0 Å². The fourth-order valence-electron chi connectivity index (χ4n) is 2.27. The van der Waals surface area contributed by atoms with E-state index in [1.807, 2.05) is 36.5 Å². The van der Waals surface area contributed by atoms with Crippen LogP contribution in [0.4, 0.5) is 5.82 Å². The highest BCUT2D eigenvalue weighted by atomic mass is 16.2. The van der Waals surface area contributed by atoms with Crippen LogP contribution in [0, 0.1) is 0 Å². The molecule has 0 aliphatic heterocycles. The summed E-state index contributed by atoms with van der Waals surface area (Å²) in [6.45, 7) is 0.516. The Kier molecular flexibility index (Phi) is 4.05. The summed E-state index contributed by atoms with van der Waals surface area (Å²) >= 11 is 0. The topological polar surface area (TPSA) is 77.0 Å². The molecule has 0 saturated carbocycles. The third-order valence-electron chi connectivity index (χ3n) is 3.51. The molecule has 0 bridgehead atoms. The van der Waals surface area contributed by atoms with Crippen molar-refractivity contribution in [2.45, 2.75) is 6.54 Å². The maximum atomic E-state index is 12.3. The van der Waals surface area contributed by atoms with Crippen molar-refractivity contribution in [3.63, 3.8) is 0 Å². The van der Waals surface area contributed by atoms with Crippen LogP contribution < -0.4 is 5.73 Å². The van der Waals surface area contributed by atoms with Crippen molar-refractivity contribution in [3.05, 3.63) is 72.2 Å². The third kappa shape index (κ3) is 3.37. The molecular weight excluding hydrogens is 290 g/mol. The summed E-state index contributed by atoms with van der Waals surface area (Å²) in [5, 5.41) is 4.19. The second-order valence-electron chi connectivity index (χ2n) is 5.25. The van der Waals surface area contributed by atoms with Crippen molar-refractivity contribution in [3.8, 4) is 5.69 Å². The van der Waals surface area contributed by atoms with E-state index in [-0.39, 0.29) is 5.91 Å². The molecule has 0 atom stereocenters. The van der Waals surface area contributed by atoms with Crippen molar-refractivity contribution >= 4 is 11.7 Å². The minimum absolute atomic E-state index is 0.0892. The normalized spacial score (nSPS) is 10.5. The van der Waals surface area contributed by atoms with Crippen molar-refractivity contribution in [1.82, 2.24) is 19.7 Å². The Hall–Kier alpha value is -3.15. The molecule has 0 spiro atoms. The molecular formula is C17H17N5O. The molecule has 3 rings (SSSR count). The Morgan fingerprint density at radius 1 is 1.22 bits per heavy atom. The lowest BCUT2D eigenvalue weighted by Gasteiger charge is -2.17. The predicted octanol–water partition coefficient (Wildman–Crippen LogP) is 2.12. The average molecular weight is 307 g/mol. The number of hydrogen-bond donors (Lipinski definition) is 1. The maximum absolute atomic E-state index is 12.3. The highest BCUT2D eigenvalue weighted by Gasteiger charge is 2.12. The summed E-state index contributed by atoms with van der Waals surface area (Å²) in [5.41, 5.74) is 8.08. The second-order valence-corrected chi connectivity index (χ2v) is 5.25. The first kappa shape index (κ1) is 14.8. The summed E-state index contributed by atoms with van der Waals surface area (Å²) in [7, 11) is 1.76. The van der Waals surface area contributed by atoms with Crippen LogP contribution >= 0.6 is 0 Å². The molecule has 6 nitrogen and oxygen atoms in total. The fraction of sp³-hybridized carbons (Fsp3) is 0.118. The number of rotatable bonds is 4. The number of amides is 1. The van der Waals surface area contributed by atoms with Crippen LogP contribution in [0.1, 0.15) is 15.9 Å². The molecule has 2 heterocycles. The Morgan fingerprint density at radius 3 is 2.61 bits per heavy atom. The van der Waals surface area contributed by atoms with Crippen molar-refractivity contribution < 1.29 is 4.79 Å². The fourth-order valence-corrected chi connectivity index (χ4v) is 2.27. The van der Waals surface area contributed by atoms with Gasteiger partial charge in [0.05, 0.1) is 11.3 Å². The summed E-state index contributed by atoms with van der Waals surface area (Å²) in [6, 6.07) is 13.1. The van der Waals surface area contributed by atoms with E-state index in [0.29, 0.717) is 17.9 Å². The highest BCUT2D eigenvalue weighted by Crippen LogP contribution is 2.12. The molecule has 1 aromatic carbocycles. The molecule has 0 aliphatic carbocycles. The number of benzene rings is 1. The first-order chi connectivity index (χ1) is 11.1. The molecule has 116 valence electrons.